The van der Waals surface area contributed by atoms with Crippen LogP contribution in [0, 0.1) is 0 Å². The highest BCUT2D eigenvalue weighted by Crippen LogP contribution is 2.50. The molecular weight excluding hydrogens is 629 g/mol. The van der Waals surface area contributed by atoms with Gasteiger partial charge < -0.3 is 44.3 Å². The van der Waals surface area contributed by atoms with Gasteiger partial charge in [-0.25, -0.2) is 14.0 Å². The highest BCUT2D eigenvalue weighted by atomic mass is 19.1. The van der Waals surface area contributed by atoms with Crippen LogP contribution in [-0.4, -0.2) is 104 Å². The molecule has 0 radical (unpaired) electrons. The fraction of sp³-hybridized carbons (Fsp3) is 0.528. The van der Waals surface area contributed by atoms with E-state index in [1.807, 2.05) is 68.2 Å². The molecule has 8 aliphatic rings. The van der Waals surface area contributed by atoms with Gasteiger partial charge in [0.2, 0.25) is 0 Å². The molecule has 49 heavy (non-hydrogen) atoms. The number of aromatic nitrogens is 1. The van der Waals surface area contributed by atoms with E-state index < -0.39 is 22.9 Å². The molecule has 4 amide bonds. The van der Waals surface area contributed by atoms with E-state index in [1.165, 1.54) is 0 Å². The van der Waals surface area contributed by atoms with Crippen molar-refractivity contribution in [3.63, 3.8) is 0 Å². The summed E-state index contributed by atoms with van der Waals surface area (Å²) in [6.45, 7) is 11.8. The fourth-order valence-corrected chi connectivity index (χ4v) is 9.08. The minimum Gasteiger partial charge on any atom is -0.444 e. The van der Waals surface area contributed by atoms with Crippen molar-refractivity contribution >= 4 is 29.7 Å². The summed E-state index contributed by atoms with van der Waals surface area (Å²) in [5.74, 6) is -0.534. The largest absolute Gasteiger partial charge is 0.444 e. The number of carbonyl (C=O) groups excluding carboxylic acids is 3. The Hall–Kier alpha value is -4.52. The number of likely N-dealkylation sites (tertiary alicyclic amines) is 2. The smallest absolute Gasteiger partial charge is 0.410 e. The highest BCUT2D eigenvalue weighted by Gasteiger charge is 2.55. The maximum absolute atomic E-state index is 15.8. The molecule has 9 rings (SSSR count). The van der Waals surface area contributed by atoms with Gasteiger partial charge in [0.25, 0.3) is 5.91 Å². The number of carbonyl (C=O) groups is 3. The second-order valence-electron chi connectivity index (χ2n) is 16.0. The van der Waals surface area contributed by atoms with Gasteiger partial charge in [-0.2, -0.15) is 0 Å². The first-order valence-electron chi connectivity index (χ1n) is 17.2. The molecule has 0 saturated carbocycles. The molecule has 6 atom stereocenters. The molecule has 12 nitrogen and oxygen atoms in total. The number of urea groups is 1. The van der Waals surface area contributed by atoms with Gasteiger partial charge in [0.05, 0.1) is 23.4 Å². The Morgan fingerprint density at radius 2 is 1.88 bits per heavy atom. The predicted octanol–water partition coefficient (Wildman–Crippen LogP) is 3.74. The number of allylic oxidation sites excluding steroid dienone is 3. The van der Waals surface area contributed by atoms with Crippen LogP contribution in [-0.2, 0) is 26.2 Å². The second kappa shape index (κ2) is 10.0. The van der Waals surface area contributed by atoms with Gasteiger partial charge >= 0.3 is 12.1 Å². The van der Waals surface area contributed by atoms with E-state index in [0.717, 1.165) is 23.4 Å². The van der Waals surface area contributed by atoms with Gasteiger partial charge in [-0.3, -0.25) is 4.79 Å². The average molecular weight is 672 g/mol. The molecule has 2 N–H and O–H groups in total. The number of fused-ring (bicyclic) bond motifs is 4. The summed E-state index contributed by atoms with van der Waals surface area (Å²) >= 11 is 0. The van der Waals surface area contributed by atoms with E-state index in [9.17, 15) is 14.4 Å². The van der Waals surface area contributed by atoms with Gasteiger partial charge in [-0.1, -0.05) is 13.0 Å². The van der Waals surface area contributed by atoms with Crippen LogP contribution in [0.25, 0.3) is 11.6 Å². The zero-order chi connectivity index (χ0) is 34.2. The SMILES string of the molecule is CC(C)(C)OC(=O)N1CC2CC1CN2C(=O)N1CCn2cc(C3=C(C4=CNC5(C)C=CC=CN45)C4OC4NC3=O)c3c2C(C)(CC(F)=C3)C1. The lowest BCUT2D eigenvalue weighted by Crippen LogP contribution is -2.56. The number of halogens is 1. The molecule has 1 aliphatic carbocycles. The molecule has 1 aromatic rings. The molecule has 13 heteroatoms. The Morgan fingerprint density at radius 3 is 2.63 bits per heavy atom. The molecule has 8 heterocycles. The Balaban J connectivity index is 1.03. The summed E-state index contributed by atoms with van der Waals surface area (Å²) in [7, 11) is 0. The van der Waals surface area contributed by atoms with Crippen molar-refractivity contribution in [1.82, 2.24) is 34.8 Å². The van der Waals surface area contributed by atoms with Crippen molar-refractivity contribution in [2.75, 3.05) is 26.2 Å². The highest BCUT2D eigenvalue weighted by molar-refractivity contribution is 6.23. The monoisotopic (exact) mass is 671 g/mol. The average Bonchev–Trinajstić information content (AvgIpc) is 3.30. The second-order valence-corrected chi connectivity index (χ2v) is 16.0. The van der Waals surface area contributed by atoms with E-state index in [-0.39, 0.29) is 48.5 Å². The lowest BCUT2D eigenvalue weighted by Gasteiger charge is -2.40. The zero-order valence-corrected chi connectivity index (χ0v) is 28.5. The molecule has 0 spiro atoms. The summed E-state index contributed by atoms with van der Waals surface area (Å²) in [5, 5.41) is 6.44. The standard InChI is InChI=1S/C36H42FN7O5/c1-34(2,3)49-33(47)43-17-21-13-22(43)16-42(21)32(46)41-11-10-40-18-24(23-12-20(37)14-35(4,19-41)29(23)40)26-27(28-31(48-28)39-30(26)45)25-15-38-36(5)8-6-7-9-44(25)36/h6-9,12,15,18,21-22,28,31,38H,10-11,13-14,16-17,19H2,1-5H3,(H,39,45). The van der Waals surface area contributed by atoms with Crippen LogP contribution in [0.3, 0.4) is 0 Å². The van der Waals surface area contributed by atoms with Gasteiger partial charge in [-0.05, 0) is 52.3 Å². The number of hydrogen-bond donors (Lipinski definition) is 2. The van der Waals surface area contributed by atoms with E-state index in [2.05, 4.69) is 33.1 Å². The van der Waals surface area contributed by atoms with Crippen LogP contribution in [0.2, 0.25) is 0 Å². The van der Waals surface area contributed by atoms with Crippen molar-refractivity contribution in [3.05, 3.63) is 70.7 Å². The van der Waals surface area contributed by atoms with Crippen molar-refractivity contribution < 1.29 is 28.2 Å². The third-order valence-electron chi connectivity index (χ3n) is 11.2. The van der Waals surface area contributed by atoms with Crippen LogP contribution in [0.1, 0.15) is 64.3 Å². The van der Waals surface area contributed by atoms with Gasteiger partial charge in [0.1, 0.15) is 23.2 Å². The number of nitrogens with zero attached hydrogens (tertiary/aromatic N) is 5. The molecule has 3 saturated heterocycles. The summed E-state index contributed by atoms with van der Waals surface area (Å²) in [6.07, 6.45) is 13.3. The Labute approximate surface area is 284 Å². The van der Waals surface area contributed by atoms with E-state index >= 15 is 4.39 Å². The predicted molar refractivity (Wildman–Crippen MR) is 178 cm³/mol. The summed E-state index contributed by atoms with van der Waals surface area (Å²) in [4.78, 5) is 48.4. The number of piperazine rings is 1. The summed E-state index contributed by atoms with van der Waals surface area (Å²) in [6, 6.07) is -0.246. The fourth-order valence-electron chi connectivity index (χ4n) is 9.08. The summed E-state index contributed by atoms with van der Waals surface area (Å²) < 4.78 is 29.5. The number of epoxide rings is 1. The minimum absolute atomic E-state index is 0.0805. The third kappa shape index (κ3) is 4.60. The van der Waals surface area contributed by atoms with E-state index in [4.69, 9.17) is 9.47 Å². The van der Waals surface area contributed by atoms with Crippen LogP contribution < -0.4 is 10.6 Å². The molecule has 3 fully saturated rings. The van der Waals surface area contributed by atoms with E-state index in [0.29, 0.717) is 49.4 Å². The maximum atomic E-state index is 15.8. The lowest BCUT2D eigenvalue weighted by molar-refractivity contribution is -0.116. The Morgan fingerprint density at radius 1 is 1.10 bits per heavy atom. The van der Waals surface area contributed by atoms with Crippen molar-refractivity contribution in [2.45, 2.75) is 95.1 Å². The summed E-state index contributed by atoms with van der Waals surface area (Å²) in [5.41, 5.74) is 2.61. The van der Waals surface area contributed by atoms with Crippen molar-refractivity contribution in [2.24, 2.45) is 0 Å². The molecule has 1 aromatic heterocycles. The zero-order valence-electron chi connectivity index (χ0n) is 28.5. The van der Waals surface area contributed by atoms with Gasteiger partial charge in [0.15, 0.2) is 6.23 Å². The van der Waals surface area contributed by atoms with Crippen LogP contribution >= 0.6 is 0 Å². The normalized spacial score (nSPS) is 33.8. The molecular formula is C36H42FN7O5. The first-order valence-corrected chi connectivity index (χ1v) is 17.2. The molecule has 2 bridgehead atoms. The molecule has 0 aromatic carbocycles. The molecule has 7 aliphatic heterocycles. The van der Waals surface area contributed by atoms with Crippen molar-refractivity contribution in [3.8, 4) is 0 Å². The van der Waals surface area contributed by atoms with E-state index in [1.54, 1.807) is 11.0 Å². The van der Waals surface area contributed by atoms with Gasteiger partial charge in [-0.15, -0.1) is 0 Å². The Bertz CT molecular complexity index is 1870. The van der Waals surface area contributed by atoms with Crippen LogP contribution in [0.5, 0.6) is 0 Å². The number of hydrogen-bond acceptors (Lipinski definition) is 7. The van der Waals surface area contributed by atoms with Crippen LogP contribution in [0.15, 0.2) is 53.9 Å². The topological polar surface area (TPSA) is 115 Å². The quantitative estimate of drug-likeness (QED) is 0.461. The lowest BCUT2D eigenvalue weighted by atomic mass is 9.75. The van der Waals surface area contributed by atoms with Crippen LogP contribution in [0.4, 0.5) is 14.0 Å². The first kappa shape index (κ1) is 30.5. The third-order valence-corrected chi connectivity index (χ3v) is 11.2. The number of nitrogens with one attached hydrogen (secondary N) is 2. The number of rotatable bonds is 2. The Kier molecular flexibility index (Phi) is 6.24. The van der Waals surface area contributed by atoms with Gasteiger partial charge in [0, 0.05) is 85.6 Å². The van der Waals surface area contributed by atoms with Crippen molar-refractivity contribution in [1.29, 1.82) is 0 Å². The number of amides is 4. The maximum Gasteiger partial charge on any atom is 0.410 e. The molecule has 6 unspecified atom stereocenters. The number of ether oxygens (including phenoxy) is 2. The first-order chi connectivity index (χ1) is 23.2. The molecule has 258 valence electrons. The minimum atomic E-state index is -0.725.